The number of carbonyl (C=O) groups excluding carboxylic acids is 1. The molecule has 0 aromatic heterocycles. The summed E-state index contributed by atoms with van der Waals surface area (Å²) < 4.78 is 0. The number of para-hydroxylation sites is 1. The molecule has 2 aromatic carbocycles. The Labute approximate surface area is 122 Å². The number of nitriles is 1. The first-order valence-electron chi connectivity index (χ1n) is 6.61. The fourth-order valence-corrected chi connectivity index (χ4v) is 2.25. The van der Waals surface area contributed by atoms with Crippen LogP contribution >= 0.6 is 0 Å². The molecule has 1 amide bonds. The lowest BCUT2D eigenvalue weighted by molar-refractivity contribution is -0.110. The molecule has 0 unspecified atom stereocenters. The molecule has 102 valence electrons. The Bertz CT molecular complexity index is 754. The van der Waals surface area contributed by atoms with Crippen LogP contribution in [0.2, 0.25) is 0 Å². The largest absolute Gasteiger partial charge is 0.361 e. The van der Waals surface area contributed by atoms with E-state index in [2.05, 4.69) is 16.7 Å². The molecule has 1 heterocycles. The van der Waals surface area contributed by atoms with Crippen molar-refractivity contribution in [3.8, 4) is 6.07 Å². The molecule has 3 rings (SSSR count). The number of nitrogens with zero attached hydrogens (tertiary/aromatic N) is 1. The van der Waals surface area contributed by atoms with Gasteiger partial charge in [-0.1, -0.05) is 30.3 Å². The maximum Gasteiger partial charge on any atom is 0.257 e. The number of rotatable bonds is 3. The van der Waals surface area contributed by atoms with Crippen LogP contribution in [0.25, 0.3) is 5.57 Å². The molecule has 0 spiro atoms. The molecule has 0 bridgehead atoms. The first kappa shape index (κ1) is 12.9. The van der Waals surface area contributed by atoms with Crippen molar-refractivity contribution in [2.45, 2.75) is 6.42 Å². The first-order chi connectivity index (χ1) is 10.3. The van der Waals surface area contributed by atoms with Crippen molar-refractivity contribution in [3.63, 3.8) is 0 Å². The summed E-state index contributed by atoms with van der Waals surface area (Å²) in [4.78, 5) is 11.9. The Kier molecular flexibility index (Phi) is 3.40. The zero-order valence-electron chi connectivity index (χ0n) is 11.3. The molecule has 0 radical (unpaired) electrons. The minimum Gasteiger partial charge on any atom is -0.361 e. The monoisotopic (exact) mass is 275 g/mol. The van der Waals surface area contributed by atoms with Crippen LogP contribution in [-0.2, 0) is 11.2 Å². The van der Waals surface area contributed by atoms with Crippen LogP contribution in [0.15, 0.2) is 54.7 Å². The van der Waals surface area contributed by atoms with E-state index in [1.807, 2.05) is 48.5 Å². The number of hydrogen-bond acceptors (Lipinski definition) is 3. The van der Waals surface area contributed by atoms with E-state index in [1.165, 1.54) is 0 Å². The Morgan fingerprint density at radius 3 is 2.67 bits per heavy atom. The van der Waals surface area contributed by atoms with Gasteiger partial charge < -0.3 is 10.6 Å². The van der Waals surface area contributed by atoms with E-state index in [0.29, 0.717) is 12.0 Å². The molecule has 2 N–H and O–H groups in total. The molecule has 1 aliphatic heterocycles. The van der Waals surface area contributed by atoms with Crippen LogP contribution < -0.4 is 10.6 Å². The zero-order valence-corrected chi connectivity index (χ0v) is 11.3. The van der Waals surface area contributed by atoms with Crippen LogP contribution in [-0.4, -0.2) is 5.91 Å². The van der Waals surface area contributed by atoms with Gasteiger partial charge in [0.25, 0.3) is 5.91 Å². The molecule has 4 nitrogen and oxygen atoms in total. The minimum absolute atomic E-state index is 0.107. The summed E-state index contributed by atoms with van der Waals surface area (Å²) in [5.41, 5.74) is 4.20. The number of fused-ring (bicyclic) bond motifs is 1. The van der Waals surface area contributed by atoms with E-state index in [0.717, 1.165) is 22.5 Å². The lowest BCUT2D eigenvalue weighted by atomic mass is 10.1. The second-order valence-electron chi connectivity index (χ2n) is 4.73. The Morgan fingerprint density at radius 1 is 1.14 bits per heavy atom. The SMILES string of the molecule is N#CCc1ccc(NC=C2C(=O)Nc3ccccc32)cc1. The van der Waals surface area contributed by atoms with Gasteiger partial charge in [0, 0.05) is 23.1 Å². The van der Waals surface area contributed by atoms with Gasteiger partial charge in [-0.05, 0) is 23.8 Å². The third-order valence-electron chi connectivity index (χ3n) is 3.33. The van der Waals surface area contributed by atoms with Gasteiger partial charge in [-0.2, -0.15) is 5.26 Å². The van der Waals surface area contributed by atoms with E-state index in [9.17, 15) is 4.79 Å². The lowest BCUT2D eigenvalue weighted by Gasteiger charge is -2.03. The predicted octanol–water partition coefficient (Wildman–Crippen LogP) is 3.16. The molecule has 1 aliphatic rings. The summed E-state index contributed by atoms with van der Waals surface area (Å²) >= 11 is 0. The second-order valence-corrected chi connectivity index (χ2v) is 4.73. The molecule has 2 aromatic rings. The van der Waals surface area contributed by atoms with E-state index >= 15 is 0 Å². The highest BCUT2D eigenvalue weighted by Gasteiger charge is 2.23. The van der Waals surface area contributed by atoms with Crippen molar-refractivity contribution in [1.82, 2.24) is 0 Å². The highest BCUT2D eigenvalue weighted by Crippen LogP contribution is 2.31. The third kappa shape index (κ3) is 2.63. The average Bonchev–Trinajstić information content (AvgIpc) is 2.82. The van der Waals surface area contributed by atoms with Gasteiger partial charge in [0.05, 0.1) is 18.1 Å². The maximum absolute atomic E-state index is 11.9. The highest BCUT2D eigenvalue weighted by molar-refractivity contribution is 6.31. The Balaban J connectivity index is 1.80. The normalized spacial score (nSPS) is 14.4. The molecular weight excluding hydrogens is 262 g/mol. The van der Waals surface area contributed by atoms with Crippen LogP contribution in [0.1, 0.15) is 11.1 Å². The first-order valence-corrected chi connectivity index (χ1v) is 6.61. The van der Waals surface area contributed by atoms with E-state index < -0.39 is 0 Å². The van der Waals surface area contributed by atoms with Crippen LogP contribution in [0.3, 0.4) is 0 Å². The molecule has 0 atom stereocenters. The fraction of sp³-hybridized carbons (Fsp3) is 0.0588. The minimum atomic E-state index is -0.107. The van der Waals surface area contributed by atoms with Crippen molar-refractivity contribution < 1.29 is 4.79 Å². The van der Waals surface area contributed by atoms with Crippen LogP contribution in [0, 0.1) is 11.3 Å². The second kappa shape index (κ2) is 5.51. The quantitative estimate of drug-likeness (QED) is 0.846. The summed E-state index contributed by atoms with van der Waals surface area (Å²) in [7, 11) is 0. The van der Waals surface area contributed by atoms with Crippen LogP contribution in [0.5, 0.6) is 0 Å². The average molecular weight is 275 g/mol. The fourth-order valence-electron chi connectivity index (χ4n) is 2.25. The molecule has 0 saturated carbocycles. The van der Waals surface area contributed by atoms with Gasteiger partial charge in [-0.3, -0.25) is 4.79 Å². The molecule has 0 fully saturated rings. The summed E-state index contributed by atoms with van der Waals surface area (Å²) in [6, 6.07) is 17.3. The number of hydrogen-bond donors (Lipinski definition) is 2. The number of amides is 1. The third-order valence-corrected chi connectivity index (χ3v) is 3.33. The van der Waals surface area contributed by atoms with Gasteiger partial charge in [0.15, 0.2) is 0 Å². The van der Waals surface area contributed by atoms with Crippen molar-refractivity contribution in [2.24, 2.45) is 0 Å². The summed E-state index contributed by atoms with van der Waals surface area (Å²) in [5, 5.41) is 14.6. The molecule has 0 aliphatic carbocycles. The van der Waals surface area contributed by atoms with E-state index in [4.69, 9.17) is 5.26 Å². The smallest absolute Gasteiger partial charge is 0.257 e. The van der Waals surface area contributed by atoms with Gasteiger partial charge in [0.1, 0.15) is 0 Å². The van der Waals surface area contributed by atoms with Crippen molar-refractivity contribution >= 4 is 22.9 Å². The zero-order chi connectivity index (χ0) is 14.7. The Hall–Kier alpha value is -3.06. The standard InChI is InChI=1S/C17H13N3O/c18-10-9-12-5-7-13(8-6-12)19-11-15-14-3-1-2-4-16(14)20-17(15)21/h1-8,11,19H,9H2,(H,20,21). The highest BCUT2D eigenvalue weighted by atomic mass is 16.2. The molecule has 4 heteroatoms. The number of anilines is 2. The van der Waals surface area contributed by atoms with Crippen molar-refractivity contribution in [1.29, 1.82) is 5.26 Å². The van der Waals surface area contributed by atoms with E-state index in [1.54, 1.807) is 6.20 Å². The number of benzene rings is 2. The molecular formula is C17H13N3O. The van der Waals surface area contributed by atoms with Gasteiger partial charge in [0.2, 0.25) is 0 Å². The van der Waals surface area contributed by atoms with Gasteiger partial charge in [-0.15, -0.1) is 0 Å². The lowest BCUT2D eigenvalue weighted by Crippen LogP contribution is -2.05. The van der Waals surface area contributed by atoms with Crippen molar-refractivity contribution in [3.05, 3.63) is 65.9 Å². The summed E-state index contributed by atoms with van der Waals surface area (Å²) in [6.45, 7) is 0. The number of nitrogens with one attached hydrogen (secondary N) is 2. The summed E-state index contributed by atoms with van der Waals surface area (Å²) in [5.74, 6) is -0.107. The maximum atomic E-state index is 11.9. The van der Waals surface area contributed by atoms with Crippen LogP contribution in [0.4, 0.5) is 11.4 Å². The Morgan fingerprint density at radius 2 is 1.90 bits per heavy atom. The van der Waals surface area contributed by atoms with E-state index in [-0.39, 0.29) is 5.91 Å². The summed E-state index contributed by atoms with van der Waals surface area (Å²) in [6.07, 6.45) is 2.11. The number of carbonyl (C=O) groups is 1. The topological polar surface area (TPSA) is 64.9 Å². The molecule has 21 heavy (non-hydrogen) atoms. The predicted molar refractivity (Wildman–Crippen MR) is 82.4 cm³/mol. The van der Waals surface area contributed by atoms with Crippen molar-refractivity contribution in [2.75, 3.05) is 10.6 Å². The molecule has 0 saturated heterocycles. The van der Waals surface area contributed by atoms with Gasteiger partial charge >= 0.3 is 0 Å². The van der Waals surface area contributed by atoms with Gasteiger partial charge in [-0.25, -0.2) is 0 Å².